The van der Waals surface area contributed by atoms with Crippen LogP contribution in [0.2, 0.25) is 0 Å². The monoisotopic (exact) mass is 415 g/mol. The first-order valence-corrected chi connectivity index (χ1v) is 9.84. The molecule has 4 aromatic rings. The lowest BCUT2D eigenvalue weighted by Crippen LogP contribution is -2.35. The molecule has 0 radical (unpaired) electrons. The molecule has 3 heteroatoms. The zero-order chi connectivity index (χ0) is 18.2. The average Bonchev–Trinajstić information content (AvgIpc) is 2.74. The molecule has 2 nitrogen and oxygen atoms in total. The van der Waals surface area contributed by atoms with Crippen molar-refractivity contribution in [3.8, 4) is 5.75 Å². The number of ether oxygens (including phenoxy) is 1. The number of fused-ring (bicyclic) bond motifs is 3. The third-order valence-electron chi connectivity index (χ3n) is 5.09. The van der Waals surface area contributed by atoms with Gasteiger partial charge < -0.3 is 4.74 Å². The molecule has 0 saturated carbocycles. The molecule has 4 aromatic carbocycles. The molecule has 0 aliphatic carbocycles. The van der Waals surface area contributed by atoms with Crippen molar-refractivity contribution in [2.24, 2.45) is 0 Å². The highest BCUT2D eigenvalue weighted by Gasteiger charge is 2.31. The second-order valence-electron chi connectivity index (χ2n) is 6.76. The van der Waals surface area contributed by atoms with Crippen LogP contribution in [-0.2, 0) is 0 Å². The van der Waals surface area contributed by atoms with Crippen LogP contribution in [0.3, 0.4) is 0 Å². The van der Waals surface area contributed by atoms with Crippen molar-refractivity contribution in [1.82, 2.24) is 5.32 Å². The van der Waals surface area contributed by atoms with E-state index in [2.05, 4.69) is 100 Å². The third-order valence-corrected chi connectivity index (χ3v) is 5.62. The van der Waals surface area contributed by atoms with Gasteiger partial charge in [-0.25, -0.2) is 0 Å². The van der Waals surface area contributed by atoms with Crippen molar-refractivity contribution >= 4 is 26.7 Å². The Labute approximate surface area is 166 Å². The zero-order valence-electron chi connectivity index (χ0n) is 14.6. The van der Waals surface area contributed by atoms with E-state index in [0.29, 0.717) is 0 Å². The van der Waals surface area contributed by atoms with Crippen LogP contribution in [0, 0.1) is 0 Å². The first-order chi connectivity index (χ1) is 13.3. The third kappa shape index (κ3) is 3.03. The number of nitrogens with one attached hydrogen (secondary N) is 1. The Kier molecular flexibility index (Phi) is 4.19. The van der Waals surface area contributed by atoms with Crippen molar-refractivity contribution in [1.29, 1.82) is 0 Å². The summed E-state index contributed by atoms with van der Waals surface area (Å²) in [6, 6.07) is 31.7. The summed E-state index contributed by atoms with van der Waals surface area (Å²) in [5.41, 5.74) is 3.55. The normalized spacial score (nSPS) is 18.7. The fraction of sp³-hybridized carbons (Fsp3) is 0.0833. The molecular weight excluding hydrogens is 398 g/mol. The van der Waals surface area contributed by atoms with Crippen LogP contribution in [-0.4, -0.2) is 0 Å². The highest BCUT2D eigenvalue weighted by molar-refractivity contribution is 9.10. The van der Waals surface area contributed by atoms with E-state index >= 15 is 0 Å². The lowest BCUT2D eigenvalue weighted by atomic mass is 9.91. The largest absolute Gasteiger partial charge is 0.471 e. The summed E-state index contributed by atoms with van der Waals surface area (Å²) < 4.78 is 7.45. The first kappa shape index (κ1) is 16.5. The molecule has 1 heterocycles. The van der Waals surface area contributed by atoms with Crippen molar-refractivity contribution in [2.45, 2.75) is 12.3 Å². The second-order valence-corrected chi connectivity index (χ2v) is 7.67. The van der Waals surface area contributed by atoms with Gasteiger partial charge in [-0.3, -0.25) is 5.32 Å². The molecule has 132 valence electrons. The van der Waals surface area contributed by atoms with Crippen LogP contribution in [0.4, 0.5) is 0 Å². The van der Waals surface area contributed by atoms with E-state index in [1.165, 1.54) is 21.9 Å². The number of halogens is 1. The number of rotatable bonds is 2. The van der Waals surface area contributed by atoms with Crippen molar-refractivity contribution in [3.05, 3.63) is 112 Å². The molecule has 0 aromatic heterocycles. The lowest BCUT2D eigenvalue weighted by Gasteiger charge is -2.35. The smallest absolute Gasteiger partial charge is 0.177 e. The minimum atomic E-state index is -0.197. The van der Waals surface area contributed by atoms with Gasteiger partial charge in [-0.05, 0) is 34.5 Å². The Bertz CT molecular complexity index is 1090. The quantitative estimate of drug-likeness (QED) is 0.410. The van der Waals surface area contributed by atoms with Crippen LogP contribution < -0.4 is 10.1 Å². The van der Waals surface area contributed by atoms with E-state index in [1.54, 1.807) is 0 Å². The topological polar surface area (TPSA) is 21.3 Å². The van der Waals surface area contributed by atoms with Gasteiger partial charge in [-0.15, -0.1) is 0 Å². The van der Waals surface area contributed by atoms with Gasteiger partial charge in [0.15, 0.2) is 6.23 Å². The molecule has 1 N–H and O–H groups in total. The van der Waals surface area contributed by atoms with Gasteiger partial charge in [0, 0.05) is 15.6 Å². The minimum Gasteiger partial charge on any atom is -0.471 e. The Morgan fingerprint density at radius 2 is 1.44 bits per heavy atom. The van der Waals surface area contributed by atoms with Gasteiger partial charge in [0.05, 0.1) is 6.04 Å². The van der Waals surface area contributed by atoms with E-state index in [0.717, 1.165) is 15.8 Å². The number of hydrogen-bond donors (Lipinski definition) is 1. The van der Waals surface area contributed by atoms with E-state index in [1.807, 2.05) is 12.1 Å². The molecule has 2 atom stereocenters. The van der Waals surface area contributed by atoms with Gasteiger partial charge in [-0.1, -0.05) is 88.7 Å². The Hall–Kier alpha value is -2.62. The molecule has 0 fully saturated rings. The van der Waals surface area contributed by atoms with E-state index in [9.17, 15) is 0 Å². The predicted octanol–water partition coefficient (Wildman–Crippen LogP) is 6.37. The molecule has 0 saturated heterocycles. The summed E-state index contributed by atoms with van der Waals surface area (Å²) in [4.78, 5) is 0. The standard InChI is InChI=1S/C24H18BrNO/c25-19-13-10-18(11-14-19)24-26-23(17-7-2-1-3-8-17)22-20-9-5-4-6-16(20)12-15-21(22)27-24/h1-15,23-24,26H/t23-,24-/m1/s1. The maximum absolute atomic E-state index is 6.39. The van der Waals surface area contributed by atoms with Crippen molar-refractivity contribution in [3.63, 3.8) is 0 Å². The fourth-order valence-electron chi connectivity index (χ4n) is 3.78. The Morgan fingerprint density at radius 3 is 2.26 bits per heavy atom. The van der Waals surface area contributed by atoms with E-state index in [-0.39, 0.29) is 12.3 Å². The summed E-state index contributed by atoms with van der Waals surface area (Å²) in [5.74, 6) is 0.939. The Morgan fingerprint density at radius 1 is 0.704 bits per heavy atom. The van der Waals surface area contributed by atoms with Gasteiger partial charge in [0.2, 0.25) is 0 Å². The van der Waals surface area contributed by atoms with E-state index < -0.39 is 0 Å². The SMILES string of the molecule is Brc1ccc([C@@H]2N[C@H](c3ccccc3)c3c(ccc4ccccc34)O2)cc1. The Balaban J connectivity index is 1.68. The summed E-state index contributed by atoms with van der Waals surface area (Å²) in [5, 5.41) is 6.17. The molecule has 0 spiro atoms. The summed E-state index contributed by atoms with van der Waals surface area (Å²) in [7, 11) is 0. The maximum atomic E-state index is 6.39. The van der Waals surface area contributed by atoms with Crippen LogP contribution >= 0.6 is 15.9 Å². The summed E-state index contributed by atoms with van der Waals surface area (Å²) >= 11 is 3.51. The molecule has 0 unspecified atom stereocenters. The molecule has 1 aliphatic heterocycles. The zero-order valence-corrected chi connectivity index (χ0v) is 16.2. The molecule has 1 aliphatic rings. The van der Waals surface area contributed by atoms with E-state index in [4.69, 9.17) is 4.74 Å². The highest BCUT2D eigenvalue weighted by atomic mass is 79.9. The predicted molar refractivity (Wildman–Crippen MR) is 113 cm³/mol. The average molecular weight is 416 g/mol. The second kappa shape index (κ2) is 6.84. The highest BCUT2D eigenvalue weighted by Crippen LogP contribution is 2.42. The summed E-state index contributed by atoms with van der Waals surface area (Å²) in [6.07, 6.45) is -0.197. The van der Waals surface area contributed by atoms with Crippen molar-refractivity contribution in [2.75, 3.05) is 0 Å². The molecule has 5 rings (SSSR count). The van der Waals surface area contributed by atoms with Crippen LogP contribution in [0.15, 0.2) is 95.5 Å². The minimum absolute atomic E-state index is 0.0645. The van der Waals surface area contributed by atoms with Gasteiger partial charge in [-0.2, -0.15) is 0 Å². The van der Waals surface area contributed by atoms with Crippen LogP contribution in [0.25, 0.3) is 10.8 Å². The maximum Gasteiger partial charge on any atom is 0.177 e. The van der Waals surface area contributed by atoms with Crippen LogP contribution in [0.5, 0.6) is 5.75 Å². The van der Waals surface area contributed by atoms with Crippen LogP contribution in [0.1, 0.15) is 29.0 Å². The van der Waals surface area contributed by atoms with Crippen molar-refractivity contribution < 1.29 is 4.74 Å². The lowest BCUT2D eigenvalue weighted by molar-refractivity contribution is 0.134. The fourth-order valence-corrected chi connectivity index (χ4v) is 4.05. The molecule has 0 bridgehead atoms. The molecular formula is C24H18BrNO. The van der Waals surface area contributed by atoms with Gasteiger partial charge in [0.1, 0.15) is 5.75 Å². The molecule has 0 amide bonds. The number of benzene rings is 4. The van der Waals surface area contributed by atoms with Gasteiger partial charge >= 0.3 is 0 Å². The molecule has 27 heavy (non-hydrogen) atoms. The van der Waals surface area contributed by atoms with Gasteiger partial charge in [0.25, 0.3) is 0 Å². The first-order valence-electron chi connectivity index (χ1n) is 9.04. The summed E-state index contributed by atoms with van der Waals surface area (Å²) in [6.45, 7) is 0. The number of hydrogen-bond acceptors (Lipinski definition) is 2.